The third kappa shape index (κ3) is 2.45. The number of hydrogen-bond donors (Lipinski definition) is 1. The minimum atomic E-state index is 0.411. The summed E-state index contributed by atoms with van der Waals surface area (Å²) in [5.41, 5.74) is 7.80. The number of aromatic nitrogens is 1. The highest BCUT2D eigenvalue weighted by molar-refractivity contribution is 9.10. The maximum atomic E-state index is 5.76. The molecule has 2 aromatic rings. The van der Waals surface area contributed by atoms with Crippen LogP contribution in [-0.4, -0.2) is 11.5 Å². The summed E-state index contributed by atoms with van der Waals surface area (Å²) in [5, 5.41) is 0. The van der Waals surface area contributed by atoms with Gasteiger partial charge in [0.1, 0.15) is 5.82 Å². The monoisotopic (exact) mass is 317 g/mol. The van der Waals surface area contributed by atoms with E-state index in [1.807, 2.05) is 6.07 Å². The Morgan fingerprint density at radius 3 is 2.79 bits per heavy atom. The summed E-state index contributed by atoms with van der Waals surface area (Å²) in [6.07, 6.45) is 4.08. The van der Waals surface area contributed by atoms with Gasteiger partial charge in [0.05, 0.1) is 22.4 Å². The molecule has 19 heavy (non-hydrogen) atoms. The Hall–Kier alpha value is -1.55. The van der Waals surface area contributed by atoms with Gasteiger partial charge in [-0.25, -0.2) is 4.98 Å². The molecule has 1 aliphatic heterocycles. The predicted octanol–water partition coefficient (Wildman–Crippen LogP) is 3.77. The Morgan fingerprint density at radius 1 is 1.26 bits per heavy atom. The molecule has 1 aromatic heterocycles. The predicted molar refractivity (Wildman–Crippen MR) is 82.1 cm³/mol. The first-order chi connectivity index (χ1) is 9.25. The molecule has 2 heterocycles. The normalized spacial score (nSPS) is 18.8. The zero-order chi connectivity index (χ0) is 13.2. The molecule has 3 nitrogen and oxygen atoms in total. The van der Waals surface area contributed by atoms with Crippen LogP contribution in [0.2, 0.25) is 0 Å². The van der Waals surface area contributed by atoms with E-state index in [4.69, 9.17) is 5.73 Å². The van der Waals surface area contributed by atoms with E-state index in [-0.39, 0.29) is 0 Å². The Kier molecular flexibility index (Phi) is 3.42. The van der Waals surface area contributed by atoms with Gasteiger partial charge in [-0.3, -0.25) is 0 Å². The molecule has 1 unspecified atom stereocenters. The number of rotatable bonds is 2. The number of halogens is 1. The molecule has 0 saturated carbocycles. The minimum Gasteiger partial charge on any atom is -0.397 e. The van der Waals surface area contributed by atoms with Gasteiger partial charge in [0.25, 0.3) is 0 Å². The van der Waals surface area contributed by atoms with Gasteiger partial charge in [0, 0.05) is 6.54 Å². The highest BCUT2D eigenvalue weighted by Gasteiger charge is 2.28. The van der Waals surface area contributed by atoms with Crippen molar-refractivity contribution in [2.24, 2.45) is 0 Å². The van der Waals surface area contributed by atoms with Crippen LogP contribution in [0.1, 0.15) is 24.4 Å². The van der Waals surface area contributed by atoms with Crippen molar-refractivity contribution < 1.29 is 0 Å². The van der Waals surface area contributed by atoms with Crippen molar-refractivity contribution in [3.05, 3.63) is 52.6 Å². The second kappa shape index (κ2) is 5.21. The SMILES string of the molecule is Nc1cnc(N2CCCC2c2ccccc2)c(Br)c1. The fourth-order valence-electron chi connectivity index (χ4n) is 2.70. The lowest BCUT2D eigenvalue weighted by Gasteiger charge is -2.27. The van der Waals surface area contributed by atoms with E-state index in [2.05, 4.69) is 56.1 Å². The van der Waals surface area contributed by atoms with Crippen molar-refractivity contribution in [1.82, 2.24) is 4.98 Å². The number of benzene rings is 1. The van der Waals surface area contributed by atoms with Gasteiger partial charge >= 0.3 is 0 Å². The van der Waals surface area contributed by atoms with Crippen LogP contribution in [0, 0.1) is 0 Å². The Balaban J connectivity index is 1.95. The molecule has 1 aliphatic rings. The van der Waals surface area contributed by atoms with Gasteiger partial charge in [-0.1, -0.05) is 30.3 Å². The van der Waals surface area contributed by atoms with Crippen LogP contribution in [0.3, 0.4) is 0 Å². The minimum absolute atomic E-state index is 0.411. The van der Waals surface area contributed by atoms with Crippen molar-refractivity contribution in [2.45, 2.75) is 18.9 Å². The highest BCUT2D eigenvalue weighted by atomic mass is 79.9. The average molecular weight is 318 g/mol. The third-order valence-electron chi connectivity index (χ3n) is 3.55. The van der Waals surface area contributed by atoms with E-state index < -0.39 is 0 Å². The van der Waals surface area contributed by atoms with E-state index in [0.717, 1.165) is 16.8 Å². The first-order valence-electron chi connectivity index (χ1n) is 6.48. The van der Waals surface area contributed by atoms with Crippen LogP contribution in [0.25, 0.3) is 0 Å². The number of pyridine rings is 1. The van der Waals surface area contributed by atoms with Crippen LogP contribution >= 0.6 is 15.9 Å². The zero-order valence-corrected chi connectivity index (χ0v) is 12.2. The van der Waals surface area contributed by atoms with Crippen LogP contribution in [-0.2, 0) is 0 Å². The van der Waals surface area contributed by atoms with Crippen molar-refractivity contribution >= 4 is 27.4 Å². The standard InChI is InChI=1S/C15H16BrN3/c16-13-9-12(17)10-18-15(13)19-8-4-7-14(19)11-5-2-1-3-6-11/h1-3,5-6,9-10,14H,4,7-8,17H2. The summed E-state index contributed by atoms with van der Waals surface area (Å²) in [6, 6.07) is 13.0. The summed E-state index contributed by atoms with van der Waals surface area (Å²) in [6.45, 7) is 1.04. The number of hydrogen-bond acceptors (Lipinski definition) is 3. The van der Waals surface area contributed by atoms with Gasteiger partial charge in [-0.05, 0) is 40.4 Å². The van der Waals surface area contributed by atoms with Crippen LogP contribution < -0.4 is 10.6 Å². The third-order valence-corrected chi connectivity index (χ3v) is 4.14. The van der Waals surface area contributed by atoms with Gasteiger partial charge < -0.3 is 10.6 Å². The summed E-state index contributed by atoms with van der Waals surface area (Å²) in [7, 11) is 0. The lowest BCUT2D eigenvalue weighted by Crippen LogP contribution is -2.24. The van der Waals surface area contributed by atoms with E-state index in [1.54, 1.807) is 6.20 Å². The van der Waals surface area contributed by atoms with E-state index in [9.17, 15) is 0 Å². The fraction of sp³-hybridized carbons (Fsp3) is 0.267. The average Bonchev–Trinajstić information content (AvgIpc) is 2.89. The molecule has 3 rings (SSSR count). The van der Waals surface area contributed by atoms with Gasteiger partial charge in [0.15, 0.2) is 0 Å². The van der Waals surface area contributed by atoms with E-state index in [1.165, 1.54) is 18.4 Å². The molecule has 0 amide bonds. The molecule has 2 N–H and O–H groups in total. The number of nitrogens with zero attached hydrogens (tertiary/aromatic N) is 2. The molecule has 0 spiro atoms. The largest absolute Gasteiger partial charge is 0.397 e. The van der Waals surface area contributed by atoms with E-state index >= 15 is 0 Å². The zero-order valence-electron chi connectivity index (χ0n) is 10.6. The van der Waals surface area contributed by atoms with Crippen LogP contribution in [0.15, 0.2) is 47.1 Å². The van der Waals surface area contributed by atoms with Crippen molar-refractivity contribution in [2.75, 3.05) is 17.2 Å². The second-order valence-corrected chi connectivity index (χ2v) is 5.69. The lowest BCUT2D eigenvalue weighted by atomic mass is 10.0. The summed E-state index contributed by atoms with van der Waals surface area (Å²) >= 11 is 3.57. The summed E-state index contributed by atoms with van der Waals surface area (Å²) in [5.74, 6) is 0.987. The topological polar surface area (TPSA) is 42.1 Å². The highest BCUT2D eigenvalue weighted by Crippen LogP contribution is 2.38. The molecule has 0 radical (unpaired) electrons. The maximum absolute atomic E-state index is 5.76. The van der Waals surface area contributed by atoms with Crippen molar-refractivity contribution in [3.8, 4) is 0 Å². The first-order valence-corrected chi connectivity index (χ1v) is 7.27. The Morgan fingerprint density at radius 2 is 2.05 bits per heavy atom. The molecule has 1 saturated heterocycles. The van der Waals surface area contributed by atoms with Crippen molar-refractivity contribution in [1.29, 1.82) is 0 Å². The van der Waals surface area contributed by atoms with Crippen LogP contribution in [0.5, 0.6) is 0 Å². The molecule has 4 heteroatoms. The molecule has 98 valence electrons. The molecule has 0 bridgehead atoms. The van der Waals surface area contributed by atoms with Crippen LogP contribution in [0.4, 0.5) is 11.5 Å². The lowest BCUT2D eigenvalue weighted by molar-refractivity contribution is 0.710. The maximum Gasteiger partial charge on any atom is 0.143 e. The Labute approximate surface area is 121 Å². The van der Waals surface area contributed by atoms with Gasteiger partial charge in [0.2, 0.25) is 0 Å². The first kappa shape index (κ1) is 12.5. The molecular weight excluding hydrogens is 302 g/mol. The summed E-state index contributed by atoms with van der Waals surface area (Å²) < 4.78 is 0.968. The molecule has 1 fully saturated rings. The number of nitrogen functional groups attached to an aromatic ring is 1. The molecule has 0 aliphatic carbocycles. The number of nitrogens with two attached hydrogens (primary N) is 1. The Bertz CT molecular complexity index is 571. The second-order valence-electron chi connectivity index (χ2n) is 4.84. The quantitative estimate of drug-likeness (QED) is 0.916. The molecule has 1 atom stereocenters. The van der Waals surface area contributed by atoms with Gasteiger partial charge in [-0.15, -0.1) is 0 Å². The summed E-state index contributed by atoms with van der Waals surface area (Å²) in [4.78, 5) is 6.85. The smallest absolute Gasteiger partial charge is 0.143 e. The molecular formula is C15H16BrN3. The van der Waals surface area contributed by atoms with Gasteiger partial charge in [-0.2, -0.15) is 0 Å². The van der Waals surface area contributed by atoms with E-state index in [0.29, 0.717) is 11.7 Å². The fourth-order valence-corrected chi connectivity index (χ4v) is 3.29. The number of anilines is 2. The molecule has 1 aromatic carbocycles. The van der Waals surface area contributed by atoms with Crippen molar-refractivity contribution in [3.63, 3.8) is 0 Å².